The fraction of sp³-hybridized carbons (Fsp3) is 0.500. The maximum atomic E-state index is 12.4. The van der Waals surface area contributed by atoms with Crippen LogP contribution in [0.1, 0.15) is 19.4 Å². The number of carbonyl (C=O) groups excluding carboxylic acids is 2. The van der Waals surface area contributed by atoms with E-state index < -0.39 is 40.2 Å². The van der Waals surface area contributed by atoms with E-state index in [9.17, 15) is 22.6 Å². The fourth-order valence-electron chi connectivity index (χ4n) is 3.13. The molecule has 2 heterocycles. The molecule has 0 radical (unpaired) electrons. The lowest BCUT2D eigenvalue weighted by Crippen LogP contribution is -2.75. The van der Waals surface area contributed by atoms with Crippen molar-refractivity contribution in [2.75, 3.05) is 6.61 Å². The molecule has 0 aromatic heterocycles. The van der Waals surface area contributed by atoms with E-state index >= 15 is 0 Å². The average Bonchev–Trinajstić information content (AvgIpc) is 2.94. The van der Waals surface area contributed by atoms with Crippen molar-refractivity contribution in [2.24, 2.45) is 0 Å². The van der Waals surface area contributed by atoms with Crippen molar-refractivity contribution >= 4 is 22.6 Å². The normalized spacial score (nSPS) is 27.3. The molecule has 148 valence electrons. The molecule has 2 aliphatic rings. The number of nitrogens with zero attached hydrogens (tertiary/aromatic N) is 2. The number of hydrogen-bond acceptors (Lipinski definition) is 7. The van der Waals surface area contributed by atoms with E-state index in [0.717, 1.165) is 10.6 Å². The Morgan fingerprint density at radius 1 is 1.37 bits per heavy atom. The Morgan fingerprint density at radius 3 is 2.56 bits per heavy atom. The van der Waals surface area contributed by atoms with E-state index in [1.165, 1.54) is 0 Å². The van der Waals surface area contributed by atoms with E-state index in [1.54, 1.807) is 38.1 Å². The maximum Gasteiger partial charge on any atom is 0.362 e. The number of rotatable bonds is 7. The van der Waals surface area contributed by atoms with Gasteiger partial charge in [0.25, 0.3) is 5.91 Å². The SMILES string of the molecule is CC1(C)OC[C@@H]([C@@H]2[C@H](N(C=O)OCc3ccccc3)C(=O)N2S(=O)(=O)O)O1. The van der Waals surface area contributed by atoms with Gasteiger partial charge < -0.3 is 9.47 Å². The Hall–Kier alpha value is -2.05. The summed E-state index contributed by atoms with van der Waals surface area (Å²) in [6.07, 6.45) is -0.576. The van der Waals surface area contributed by atoms with Gasteiger partial charge in [-0.1, -0.05) is 30.3 Å². The Bertz CT molecular complexity index is 813. The summed E-state index contributed by atoms with van der Waals surface area (Å²) in [5, 5.41) is 0.746. The van der Waals surface area contributed by atoms with Gasteiger partial charge in [-0.05, 0) is 19.4 Å². The summed E-state index contributed by atoms with van der Waals surface area (Å²) < 4.78 is 43.9. The van der Waals surface area contributed by atoms with Crippen LogP contribution in [0.2, 0.25) is 0 Å². The average molecular weight is 400 g/mol. The smallest absolute Gasteiger partial charge is 0.348 e. The van der Waals surface area contributed by atoms with Gasteiger partial charge in [0.15, 0.2) is 11.8 Å². The number of amides is 2. The minimum atomic E-state index is -4.83. The van der Waals surface area contributed by atoms with Gasteiger partial charge in [-0.15, -0.1) is 0 Å². The highest BCUT2D eigenvalue weighted by atomic mass is 32.2. The first-order chi connectivity index (χ1) is 12.6. The van der Waals surface area contributed by atoms with Crippen LogP contribution in [0.25, 0.3) is 0 Å². The summed E-state index contributed by atoms with van der Waals surface area (Å²) in [6, 6.07) is 6.48. The topological polar surface area (TPSA) is 123 Å². The van der Waals surface area contributed by atoms with Crippen molar-refractivity contribution in [1.82, 2.24) is 9.37 Å². The second-order valence-corrected chi connectivity index (χ2v) is 7.93. The standard InChI is InChI=1S/C16H20N2O8S/c1-16(2)24-9-12(26-16)13-14(15(20)18(13)27(21,22)23)17(10-19)25-8-11-6-4-3-5-7-11/h3-7,10,12-14H,8-9H2,1-2H3,(H,21,22,23)/t12-,13+,14-/m0/s1. The molecule has 2 fully saturated rings. The molecular weight excluding hydrogens is 380 g/mol. The number of hydrogen-bond donors (Lipinski definition) is 1. The quantitative estimate of drug-likeness (QED) is 0.296. The first-order valence-electron chi connectivity index (χ1n) is 8.17. The van der Waals surface area contributed by atoms with E-state index in [1.807, 2.05) is 6.07 Å². The lowest BCUT2D eigenvalue weighted by molar-refractivity contribution is -0.225. The molecule has 1 N–H and O–H groups in total. The Labute approximate surface area is 156 Å². The van der Waals surface area contributed by atoms with Gasteiger partial charge >= 0.3 is 10.3 Å². The van der Waals surface area contributed by atoms with Crippen LogP contribution in [-0.2, 0) is 40.8 Å². The van der Waals surface area contributed by atoms with Crippen LogP contribution < -0.4 is 0 Å². The predicted octanol–water partition coefficient (Wildman–Crippen LogP) is 0.110. The zero-order valence-electron chi connectivity index (χ0n) is 14.7. The van der Waals surface area contributed by atoms with Crippen molar-refractivity contribution in [3.63, 3.8) is 0 Å². The molecule has 0 saturated carbocycles. The van der Waals surface area contributed by atoms with Crippen molar-refractivity contribution in [1.29, 1.82) is 0 Å². The lowest BCUT2D eigenvalue weighted by atomic mass is 9.93. The second-order valence-electron chi connectivity index (χ2n) is 6.64. The summed E-state index contributed by atoms with van der Waals surface area (Å²) in [6.45, 7) is 3.24. The minimum absolute atomic E-state index is 0.00449. The number of β-lactam (4-membered cyclic amide) rings is 1. The molecule has 0 spiro atoms. The largest absolute Gasteiger partial charge is 0.362 e. The number of carbonyl (C=O) groups is 2. The van der Waals surface area contributed by atoms with Crippen LogP contribution in [0, 0.1) is 0 Å². The van der Waals surface area contributed by atoms with Crippen LogP contribution >= 0.6 is 0 Å². The number of benzene rings is 1. The highest BCUT2D eigenvalue weighted by Gasteiger charge is 2.61. The Kier molecular flexibility index (Phi) is 5.23. The Morgan fingerprint density at radius 2 is 2.04 bits per heavy atom. The van der Waals surface area contributed by atoms with Gasteiger partial charge in [0, 0.05) is 0 Å². The van der Waals surface area contributed by atoms with Gasteiger partial charge in [-0.2, -0.15) is 8.42 Å². The first-order valence-corrected chi connectivity index (χ1v) is 9.57. The molecule has 0 aliphatic carbocycles. The van der Waals surface area contributed by atoms with E-state index in [4.69, 9.17) is 14.3 Å². The van der Waals surface area contributed by atoms with Gasteiger partial charge in [-0.3, -0.25) is 19.0 Å². The van der Waals surface area contributed by atoms with Crippen LogP contribution in [0.4, 0.5) is 0 Å². The molecule has 0 unspecified atom stereocenters. The number of ether oxygens (including phenoxy) is 2. The van der Waals surface area contributed by atoms with E-state index in [2.05, 4.69) is 0 Å². The molecule has 2 aliphatic heterocycles. The third kappa shape index (κ3) is 3.96. The van der Waals surface area contributed by atoms with Crippen molar-refractivity contribution in [3.8, 4) is 0 Å². The molecule has 11 heteroatoms. The summed E-state index contributed by atoms with van der Waals surface area (Å²) in [5.41, 5.74) is 0.751. The van der Waals surface area contributed by atoms with Crippen molar-refractivity contribution < 1.29 is 36.9 Å². The molecule has 0 bridgehead atoms. The third-order valence-corrected chi connectivity index (χ3v) is 5.25. The molecule has 2 amide bonds. The molecule has 27 heavy (non-hydrogen) atoms. The monoisotopic (exact) mass is 400 g/mol. The van der Waals surface area contributed by atoms with Crippen LogP contribution in [0.3, 0.4) is 0 Å². The highest BCUT2D eigenvalue weighted by molar-refractivity contribution is 7.84. The molecule has 3 atom stereocenters. The molecular formula is C16H20N2O8S. The van der Waals surface area contributed by atoms with Gasteiger partial charge in [0.05, 0.1) is 6.61 Å². The van der Waals surface area contributed by atoms with E-state index in [0.29, 0.717) is 6.41 Å². The molecule has 1 aromatic carbocycles. The molecule has 3 rings (SSSR count). The van der Waals surface area contributed by atoms with E-state index in [-0.39, 0.29) is 17.5 Å². The molecule has 1 aromatic rings. The predicted molar refractivity (Wildman–Crippen MR) is 90.0 cm³/mol. The zero-order chi connectivity index (χ0) is 19.8. The zero-order valence-corrected chi connectivity index (χ0v) is 15.5. The van der Waals surface area contributed by atoms with Gasteiger partial charge in [0.2, 0.25) is 6.41 Å². The number of hydroxylamine groups is 2. The summed E-state index contributed by atoms with van der Waals surface area (Å²) in [5.74, 6) is -1.98. The molecule has 2 saturated heterocycles. The molecule has 10 nitrogen and oxygen atoms in total. The van der Waals surface area contributed by atoms with Crippen LogP contribution in [-0.4, -0.2) is 65.2 Å². The van der Waals surface area contributed by atoms with Gasteiger partial charge in [-0.25, -0.2) is 9.37 Å². The second kappa shape index (κ2) is 7.17. The fourth-order valence-corrected chi connectivity index (χ4v) is 4.03. The van der Waals surface area contributed by atoms with Gasteiger partial charge in [0.1, 0.15) is 18.8 Å². The minimum Gasteiger partial charge on any atom is -0.348 e. The van der Waals surface area contributed by atoms with Crippen molar-refractivity contribution in [3.05, 3.63) is 35.9 Å². The Balaban J connectivity index is 1.80. The first kappa shape index (κ1) is 19.7. The van der Waals surface area contributed by atoms with Crippen LogP contribution in [0.15, 0.2) is 30.3 Å². The summed E-state index contributed by atoms with van der Waals surface area (Å²) in [4.78, 5) is 29.3. The highest BCUT2D eigenvalue weighted by Crippen LogP contribution is 2.36. The summed E-state index contributed by atoms with van der Waals surface area (Å²) in [7, 11) is -4.83. The third-order valence-electron chi connectivity index (χ3n) is 4.33. The van der Waals surface area contributed by atoms with Crippen LogP contribution in [0.5, 0.6) is 0 Å². The lowest BCUT2D eigenvalue weighted by Gasteiger charge is -2.48. The summed E-state index contributed by atoms with van der Waals surface area (Å²) >= 11 is 0. The maximum absolute atomic E-state index is 12.4. The van der Waals surface area contributed by atoms with Crippen molar-refractivity contribution in [2.45, 2.75) is 44.4 Å².